The molecule has 0 aliphatic carbocycles. The standard InChI is InChI=1S/C20H20N6O4S/c1-13-5-6-21-17(9-13)24-16-4-2-3-14(23-16)15-10-22-18(31-15)11-25-7-8-26(19(27)12-25)30-20(28)29/h2-6,9-10H,7-8,11-12H2,1H3,(H,28,29)(H,21,23,24). The van der Waals surface area contributed by atoms with Crippen LogP contribution in [0.3, 0.4) is 0 Å². The van der Waals surface area contributed by atoms with Gasteiger partial charge in [-0.05, 0) is 36.8 Å². The van der Waals surface area contributed by atoms with Gasteiger partial charge in [0.25, 0.3) is 5.91 Å². The maximum atomic E-state index is 12.0. The quantitative estimate of drug-likeness (QED) is 0.596. The second-order valence-electron chi connectivity index (χ2n) is 6.93. The molecule has 0 unspecified atom stereocenters. The number of carbonyl (C=O) groups is 2. The van der Waals surface area contributed by atoms with Gasteiger partial charge in [-0.2, -0.15) is 5.06 Å². The zero-order valence-electron chi connectivity index (χ0n) is 16.7. The summed E-state index contributed by atoms with van der Waals surface area (Å²) in [6.45, 7) is 3.24. The topological polar surface area (TPSA) is 121 Å². The number of thiazole rings is 1. The summed E-state index contributed by atoms with van der Waals surface area (Å²) >= 11 is 1.50. The molecule has 3 aromatic rings. The molecule has 0 aromatic carbocycles. The maximum Gasteiger partial charge on any atom is 0.530 e. The zero-order chi connectivity index (χ0) is 21.8. The molecule has 31 heavy (non-hydrogen) atoms. The largest absolute Gasteiger partial charge is 0.530 e. The van der Waals surface area contributed by atoms with Gasteiger partial charge in [-0.1, -0.05) is 6.07 Å². The fourth-order valence-electron chi connectivity index (χ4n) is 3.10. The number of aryl methyl sites for hydroxylation is 1. The van der Waals surface area contributed by atoms with Gasteiger partial charge in [0.05, 0.1) is 30.2 Å². The molecule has 1 fully saturated rings. The van der Waals surface area contributed by atoms with Crippen LogP contribution in [0.5, 0.6) is 0 Å². The van der Waals surface area contributed by atoms with Crippen molar-refractivity contribution in [2.45, 2.75) is 13.5 Å². The van der Waals surface area contributed by atoms with Crippen molar-refractivity contribution in [3.63, 3.8) is 0 Å². The number of anilines is 2. The SMILES string of the molecule is Cc1ccnc(Nc2cccc(-c3cnc(CN4CCN(OC(=O)O)C(=O)C4)s3)n2)c1. The van der Waals surface area contributed by atoms with Crippen LogP contribution in [0.4, 0.5) is 16.4 Å². The van der Waals surface area contributed by atoms with E-state index in [0.717, 1.165) is 32.0 Å². The first kappa shape index (κ1) is 20.7. The predicted octanol–water partition coefficient (Wildman–Crippen LogP) is 2.91. The Hall–Kier alpha value is -3.57. The van der Waals surface area contributed by atoms with Crippen LogP contribution < -0.4 is 5.32 Å². The van der Waals surface area contributed by atoms with Crippen molar-refractivity contribution in [3.8, 4) is 10.6 Å². The first-order chi connectivity index (χ1) is 15.0. The lowest BCUT2D eigenvalue weighted by Crippen LogP contribution is -2.50. The van der Waals surface area contributed by atoms with Gasteiger partial charge in [-0.15, -0.1) is 11.3 Å². The number of carboxylic acid groups (broad SMARTS) is 1. The summed E-state index contributed by atoms with van der Waals surface area (Å²) in [6, 6.07) is 9.58. The van der Waals surface area contributed by atoms with Crippen LogP contribution in [0.15, 0.2) is 42.7 Å². The average molecular weight is 440 g/mol. The molecule has 0 saturated carbocycles. The molecule has 4 heterocycles. The molecule has 0 radical (unpaired) electrons. The summed E-state index contributed by atoms with van der Waals surface area (Å²) in [5.74, 6) is 1.02. The lowest BCUT2D eigenvalue weighted by atomic mass is 10.3. The van der Waals surface area contributed by atoms with E-state index in [1.54, 1.807) is 12.4 Å². The highest BCUT2D eigenvalue weighted by molar-refractivity contribution is 7.15. The van der Waals surface area contributed by atoms with Crippen LogP contribution in [0.2, 0.25) is 0 Å². The first-order valence-electron chi connectivity index (χ1n) is 9.52. The lowest BCUT2D eigenvalue weighted by molar-refractivity contribution is -0.179. The highest BCUT2D eigenvalue weighted by Gasteiger charge is 2.27. The summed E-state index contributed by atoms with van der Waals surface area (Å²) in [7, 11) is 0. The van der Waals surface area contributed by atoms with E-state index in [-0.39, 0.29) is 13.1 Å². The van der Waals surface area contributed by atoms with Crippen molar-refractivity contribution in [3.05, 3.63) is 53.3 Å². The molecule has 10 nitrogen and oxygen atoms in total. The van der Waals surface area contributed by atoms with Crippen molar-refractivity contribution >= 4 is 35.0 Å². The number of carbonyl (C=O) groups excluding carboxylic acids is 1. The molecule has 1 aliphatic heterocycles. The number of pyridine rings is 2. The van der Waals surface area contributed by atoms with Gasteiger partial charge in [-0.25, -0.2) is 19.7 Å². The van der Waals surface area contributed by atoms with Crippen LogP contribution in [-0.4, -0.2) is 61.7 Å². The molecule has 160 valence electrons. The van der Waals surface area contributed by atoms with E-state index < -0.39 is 12.1 Å². The average Bonchev–Trinajstić information content (AvgIpc) is 3.19. The molecule has 4 rings (SSSR count). The van der Waals surface area contributed by atoms with Crippen molar-refractivity contribution in [1.29, 1.82) is 0 Å². The van der Waals surface area contributed by atoms with Crippen molar-refractivity contribution < 1.29 is 19.5 Å². The van der Waals surface area contributed by atoms with Crippen molar-refractivity contribution in [2.24, 2.45) is 0 Å². The minimum atomic E-state index is -1.49. The minimum absolute atomic E-state index is 0.0728. The Kier molecular flexibility index (Phi) is 6.05. The molecule has 1 saturated heterocycles. The normalized spacial score (nSPS) is 14.5. The Morgan fingerprint density at radius 1 is 1.26 bits per heavy atom. The number of hydroxylamine groups is 2. The van der Waals surface area contributed by atoms with Crippen molar-refractivity contribution in [1.82, 2.24) is 24.9 Å². The minimum Gasteiger partial charge on any atom is -0.448 e. The fourth-order valence-corrected chi connectivity index (χ4v) is 4.03. The maximum absolute atomic E-state index is 12.0. The van der Waals surface area contributed by atoms with Crippen LogP contribution >= 0.6 is 11.3 Å². The summed E-state index contributed by atoms with van der Waals surface area (Å²) in [5.41, 5.74) is 1.90. The third-order valence-corrected chi connectivity index (χ3v) is 5.53. The van der Waals surface area contributed by atoms with E-state index in [9.17, 15) is 9.59 Å². The Balaban J connectivity index is 1.40. The number of nitrogens with zero attached hydrogens (tertiary/aromatic N) is 5. The van der Waals surface area contributed by atoms with Gasteiger partial charge in [0.1, 0.15) is 16.6 Å². The smallest absolute Gasteiger partial charge is 0.448 e. The van der Waals surface area contributed by atoms with Gasteiger partial charge < -0.3 is 15.3 Å². The third kappa shape index (κ3) is 5.32. The molecule has 2 N–H and O–H groups in total. The molecule has 1 aliphatic rings. The van der Waals surface area contributed by atoms with E-state index >= 15 is 0 Å². The van der Waals surface area contributed by atoms with Crippen molar-refractivity contribution in [2.75, 3.05) is 25.0 Å². The Labute approximate surface area is 182 Å². The number of aromatic nitrogens is 3. The summed E-state index contributed by atoms with van der Waals surface area (Å²) in [4.78, 5) is 43.3. The number of rotatable bonds is 6. The molecular formula is C20H20N6O4S. The highest BCUT2D eigenvalue weighted by atomic mass is 32.1. The monoisotopic (exact) mass is 440 g/mol. The summed E-state index contributed by atoms with van der Waals surface area (Å²) < 4.78 is 0. The molecule has 0 spiro atoms. The molecule has 3 aromatic heterocycles. The predicted molar refractivity (Wildman–Crippen MR) is 114 cm³/mol. The zero-order valence-corrected chi connectivity index (χ0v) is 17.5. The number of hydrogen-bond acceptors (Lipinski definition) is 9. The van der Waals surface area contributed by atoms with E-state index in [1.165, 1.54) is 11.3 Å². The van der Waals surface area contributed by atoms with E-state index in [2.05, 4.69) is 25.1 Å². The highest BCUT2D eigenvalue weighted by Crippen LogP contribution is 2.27. The molecule has 0 bridgehead atoms. The number of amides is 1. The molecule has 1 amide bonds. The summed E-state index contributed by atoms with van der Waals surface area (Å²) in [5, 5.41) is 13.6. The molecular weight excluding hydrogens is 420 g/mol. The third-order valence-electron chi connectivity index (χ3n) is 4.53. The van der Waals surface area contributed by atoms with E-state index in [0.29, 0.717) is 18.9 Å². The van der Waals surface area contributed by atoms with Crippen LogP contribution in [0, 0.1) is 6.92 Å². The van der Waals surface area contributed by atoms with E-state index in [4.69, 9.17) is 5.11 Å². The molecule has 11 heteroatoms. The van der Waals surface area contributed by atoms with Gasteiger partial charge in [0.2, 0.25) is 0 Å². The van der Waals surface area contributed by atoms with Gasteiger partial charge in [0, 0.05) is 18.9 Å². The Bertz CT molecular complexity index is 1100. The van der Waals surface area contributed by atoms with Gasteiger partial charge in [-0.3, -0.25) is 9.69 Å². The fraction of sp³-hybridized carbons (Fsp3) is 0.250. The second-order valence-corrected chi connectivity index (χ2v) is 8.05. The van der Waals surface area contributed by atoms with E-state index in [1.807, 2.05) is 42.2 Å². The second kappa shape index (κ2) is 9.06. The number of hydrogen-bond donors (Lipinski definition) is 2. The lowest BCUT2D eigenvalue weighted by Gasteiger charge is -2.31. The number of nitrogens with one attached hydrogen (secondary N) is 1. The molecule has 0 atom stereocenters. The van der Waals surface area contributed by atoms with Crippen LogP contribution in [0.25, 0.3) is 10.6 Å². The van der Waals surface area contributed by atoms with Crippen LogP contribution in [0.1, 0.15) is 10.6 Å². The number of piperazine rings is 1. The first-order valence-corrected chi connectivity index (χ1v) is 10.3. The van der Waals surface area contributed by atoms with Gasteiger partial charge >= 0.3 is 6.16 Å². The summed E-state index contributed by atoms with van der Waals surface area (Å²) in [6.07, 6.45) is 2.02. The van der Waals surface area contributed by atoms with Crippen LogP contribution in [-0.2, 0) is 16.2 Å². The Morgan fingerprint density at radius 2 is 2.13 bits per heavy atom. The Morgan fingerprint density at radius 3 is 2.90 bits per heavy atom. The van der Waals surface area contributed by atoms with Gasteiger partial charge in [0.15, 0.2) is 0 Å².